The Labute approximate surface area is 130 Å². The lowest BCUT2D eigenvalue weighted by molar-refractivity contribution is 0.263. The van der Waals surface area contributed by atoms with Crippen molar-refractivity contribution in [1.82, 2.24) is 4.98 Å². The molecule has 5 heteroatoms. The van der Waals surface area contributed by atoms with Gasteiger partial charge in [0.15, 0.2) is 6.61 Å². The Balaban J connectivity index is 1.72. The summed E-state index contributed by atoms with van der Waals surface area (Å²) in [6.45, 7) is 2.07. The molecule has 0 bridgehead atoms. The van der Waals surface area contributed by atoms with Gasteiger partial charge in [-0.3, -0.25) is 0 Å². The van der Waals surface area contributed by atoms with Gasteiger partial charge in [-0.1, -0.05) is 31.0 Å². The summed E-state index contributed by atoms with van der Waals surface area (Å²) in [5.41, 5.74) is 0.355. The van der Waals surface area contributed by atoms with E-state index in [1.54, 1.807) is 0 Å². The standard InChI is InChI=1S/C17H19N3O2/c18-12-15-17(20-10-6-1-2-7-11-20)22-16(19-15)13-21-14-8-4-3-5-9-14/h3-5,8-9H,1-2,6-7,10-11,13H2. The van der Waals surface area contributed by atoms with Crippen LogP contribution in [0.3, 0.4) is 0 Å². The van der Waals surface area contributed by atoms with Crippen LogP contribution in [0.5, 0.6) is 5.75 Å². The van der Waals surface area contributed by atoms with Gasteiger partial charge in [0.2, 0.25) is 17.5 Å². The quantitative estimate of drug-likeness (QED) is 0.864. The van der Waals surface area contributed by atoms with Gasteiger partial charge in [0.05, 0.1) is 0 Å². The predicted octanol–water partition coefficient (Wildman–Crippen LogP) is 3.51. The Kier molecular flexibility index (Phi) is 4.59. The predicted molar refractivity (Wildman–Crippen MR) is 82.7 cm³/mol. The van der Waals surface area contributed by atoms with E-state index in [0.717, 1.165) is 31.7 Å². The molecular weight excluding hydrogens is 278 g/mol. The van der Waals surface area contributed by atoms with E-state index in [2.05, 4.69) is 16.0 Å². The maximum atomic E-state index is 9.28. The van der Waals surface area contributed by atoms with Crippen LogP contribution in [-0.4, -0.2) is 18.1 Å². The Hall–Kier alpha value is -2.48. The molecule has 1 aliphatic heterocycles. The number of oxazole rings is 1. The Morgan fingerprint density at radius 2 is 1.86 bits per heavy atom. The Morgan fingerprint density at radius 1 is 1.14 bits per heavy atom. The maximum Gasteiger partial charge on any atom is 0.236 e. The third kappa shape index (κ3) is 3.40. The van der Waals surface area contributed by atoms with Crippen LogP contribution in [0.4, 0.5) is 5.88 Å². The van der Waals surface area contributed by atoms with E-state index in [1.165, 1.54) is 12.8 Å². The lowest BCUT2D eigenvalue weighted by Gasteiger charge is -2.18. The molecule has 22 heavy (non-hydrogen) atoms. The van der Waals surface area contributed by atoms with Gasteiger partial charge >= 0.3 is 0 Å². The molecule has 1 aliphatic rings. The number of para-hydroxylation sites is 1. The number of aromatic nitrogens is 1. The van der Waals surface area contributed by atoms with Gasteiger partial charge in [-0.05, 0) is 25.0 Å². The molecule has 3 rings (SSSR count). The van der Waals surface area contributed by atoms with Gasteiger partial charge in [0, 0.05) is 13.1 Å². The fourth-order valence-electron chi connectivity index (χ4n) is 2.64. The van der Waals surface area contributed by atoms with E-state index < -0.39 is 0 Å². The molecule has 0 atom stereocenters. The molecule has 0 unspecified atom stereocenters. The molecule has 114 valence electrons. The fraction of sp³-hybridized carbons (Fsp3) is 0.412. The summed E-state index contributed by atoms with van der Waals surface area (Å²) in [4.78, 5) is 6.38. The van der Waals surface area contributed by atoms with Crippen molar-refractivity contribution in [2.75, 3.05) is 18.0 Å². The second-order valence-corrected chi connectivity index (χ2v) is 5.38. The molecule has 2 heterocycles. The molecule has 0 aliphatic carbocycles. The van der Waals surface area contributed by atoms with Crippen LogP contribution in [0, 0.1) is 11.3 Å². The normalized spacial score (nSPS) is 15.1. The topological polar surface area (TPSA) is 62.3 Å². The number of ether oxygens (including phenoxy) is 1. The van der Waals surface area contributed by atoms with E-state index in [4.69, 9.17) is 9.15 Å². The summed E-state index contributed by atoms with van der Waals surface area (Å²) >= 11 is 0. The number of nitrogens with zero attached hydrogens (tertiary/aromatic N) is 3. The van der Waals surface area contributed by atoms with Gasteiger partial charge in [0.1, 0.15) is 11.8 Å². The van der Waals surface area contributed by atoms with Crippen LogP contribution in [0.1, 0.15) is 37.3 Å². The molecule has 0 saturated carbocycles. The Morgan fingerprint density at radius 3 is 2.55 bits per heavy atom. The van der Waals surface area contributed by atoms with Gasteiger partial charge < -0.3 is 14.1 Å². The third-order valence-electron chi connectivity index (χ3n) is 3.76. The van der Waals surface area contributed by atoms with Crippen LogP contribution in [0.15, 0.2) is 34.7 Å². The zero-order valence-corrected chi connectivity index (χ0v) is 12.5. The summed E-state index contributed by atoms with van der Waals surface area (Å²) in [5, 5.41) is 9.28. The Bertz CT molecular complexity index is 638. The largest absolute Gasteiger partial charge is 0.484 e. The summed E-state index contributed by atoms with van der Waals surface area (Å²) in [5.74, 6) is 1.80. The first-order valence-electron chi connectivity index (χ1n) is 7.69. The second-order valence-electron chi connectivity index (χ2n) is 5.38. The van der Waals surface area contributed by atoms with Crippen LogP contribution in [0.25, 0.3) is 0 Å². The number of hydrogen-bond donors (Lipinski definition) is 0. The molecule has 2 aromatic rings. The highest BCUT2D eigenvalue weighted by atomic mass is 16.5. The number of hydrogen-bond acceptors (Lipinski definition) is 5. The van der Waals surface area contributed by atoms with Crippen molar-refractivity contribution >= 4 is 5.88 Å². The van der Waals surface area contributed by atoms with Crippen molar-refractivity contribution in [2.45, 2.75) is 32.3 Å². The van der Waals surface area contributed by atoms with Gasteiger partial charge in [0.25, 0.3) is 0 Å². The molecule has 1 saturated heterocycles. The van der Waals surface area contributed by atoms with Crippen molar-refractivity contribution in [3.8, 4) is 11.8 Å². The van der Waals surface area contributed by atoms with E-state index in [9.17, 15) is 5.26 Å². The molecular formula is C17H19N3O2. The van der Waals surface area contributed by atoms with Crippen molar-refractivity contribution in [3.05, 3.63) is 41.9 Å². The second kappa shape index (κ2) is 6.99. The van der Waals surface area contributed by atoms with Crippen LogP contribution >= 0.6 is 0 Å². The molecule has 0 spiro atoms. The summed E-state index contributed by atoms with van der Waals surface area (Å²) < 4.78 is 11.4. The van der Waals surface area contributed by atoms with E-state index >= 15 is 0 Å². The van der Waals surface area contributed by atoms with Gasteiger partial charge in [-0.2, -0.15) is 10.2 Å². The number of benzene rings is 1. The molecule has 0 N–H and O–H groups in total. The molecule has 1 fully saturated rings. The highest BCUT2D eigenvalue weighted by Gasteiger charge is 2.20. The van der Waals surface area contributed by atoms with Crippen molar-refractivity contribution in [2.24, 2.45) is 0 Å². The minimum atomic E-state index is 0.229. The molecule has 1 aromatic heterocycles. The first-order valence-corrected chi connectivity index (χ1v) is 7.69. The van der Waals surface area contributed by atoms with Gasteiger partial charge in [-0.25, -0.2) is 0 Å². The zero-order chi connectivity index (χ0) is 15.2. The molecule has 5 nitrogen and oxygen atoms in total. The smallest absolute Gasteiger partial charge is 0.236 e. The van der Waals surface area contributed by atoms with Gasteiger partial charge in [-0.15, -0.1) is 0 Å². The zero-order valence-electron chi connectivity index (χ0n) is 12.5. The van der Waals surface area contributed by atoms with Crippen LogP contribution < -0.4 is 9.64 Å². The highest BCUT2D eigenvalue weighted by molar-refractivity contribution is 5.48. The van der Waals surface area contributed by atoms with Crippen LogP contribution in [-0.2, 0) is 6.61 Å². The molecule has 0 radical (unpaired) electrons. The van der Waals surface area contributed by atoms with E-state index in [1.807, 2.05) is 30.3 Å². The SMILES string of the molecule is N#Cc1nc(COc2ccccc2)oc1N1CCCCCC1. The summed E-state index contributed by atoms with van der Waals surface area (Å²) in [7, 11) is 0. The first kappa shape index (κ1) is 14.5. The summed E-state index contributed by atoms with van der Waals surface area (Å²) in [6.07, 6.45) is 4.72. The number of anilines is 1. The highest BCUT2D eigenvalue weighted by Crippen LogP contribution is 2.25. The van der Waals surface area contributed by atoms with E-state index in [0.29, 0.717) is 17.5 Å². The average molecular weight is 297 g/mol. The average Bonchev–Trinajstić information content (AvgIpc) is 2.78. The third-order valence-corrected chi connectivity index (χ3v) is 3.76. The molecule has 0 amide bonds. The lowest BCUT2D eigenvalue weighted by atomic mass is 10.2. The number of nitriles is 1. The molecule has 1 aromatic carbocycles. The lowest BCUT2D eigenvalue weighted by Crippen LogP contribution is -2.24. The summed E-state index contributed by atoms with van der Waals surface area (Å²) in [6, 6.07) is 11.6. The fourth-order valence-corrected chi connectivity index (χ4v) is 2.64. The van der Waals surface area contributed by atoms with Crippen LogP contribution in [0.2, 0.25) is 0 Å². The number of rotatable bonds is 4. The van der Waals surface area contributed by atoms with Crippen molar-refractivity contribution in [3.63, 3.8) is 0 Å². The van der Waals surface area contributed by atoms with Crippen molar-refractivity contribution < 1.29 is 9.15 Å². The minimum absolute atomic E-state index is 0.229. The first-order chi connectivity index (χ1) is 10.9. The monoisotopic (exact) mass is 297 g/mol. The minimum Gasteiger partial charge on any atom is -0.484 e. The van der Waals surface area contributed by atoms with E-state index in [-0.39, 0.29) is 6.61 Å². The maximum absolute atomic E-state index is 9.28. The van der Waals surface area contributed by atoms with Crippen molar-refractivity contribution in [1.29, 1.82) is 5.26 Å².